The lowest BCUT2D eigenvalue weighted by Gasteiger charge is -2.05. The van der Waals surface area contributed by atoms with Gasteiger partial charge in [-0.1, -0.05) is 62.8 Å². The fourth-order valence-electron chi connectivity index (χ4n) is 2.70. The van der Waals surface area contributed by atoms with Crippen LogP contribution in [-0.4, -0.2) is 20.5 Å². The van der Waals surface area contributed by atoms with Gasteiger partial charge in [0.1, 0.15) is 4.88 Å². The summed E-state index contributed by atoms with van der Waals surface area (Å²) in [5, 5.41) is 9.35. The minimum absolute atomic E-state index is 0.399. The van der Waals surface area contributed by atoms with Gasteiger partial charge in [0.25, 0.3) is 0 Å². The second-order valence-electron chi connectivity index (χ2n) is 5.99. The molecular weight excluding hydrogens is 308 g/mol. The van der Waals surface area contributed by atoms with Crippen molar-refractivity contribution in [2.45, 2.75) is 39.5 Å². The van der Waals surface area contributed by atoms with Crippen LogP contribution in [0.15, 0.2) is 30.5 Å². The summed E-state index contributed by atoms with van der Waals surface area (Å²) in [6.07, 6.45) is 3.60. The van der Waals surface area contributed by atoms with Gasteiger partial charge in [-0.3, -0.25) is 4.40 Å². The van der Waals surface area contributed by atoms with Crippen LogP contribution in [-0.2, 0) is 6.42 Å². The molecular formula is C18H20N2O2S. The van der Waals surface area contributed by atoms with Gasteiger partial charge in [0.15, 0.2) is 4.96 Å². The predicted molar refractivity (Wildman–Crippen MR) is 93.5 cm³/mol. The molecule has 2 heterocycles. The maximum Gasteiger partial charge on any atom is 0.347 e. The molecule has 1 aromatic carbocycles. The molecule has 0 unspecified atom stereocenters. The maximum absolute atomic E-state index is 11.4. The Labute approximate surface area is 139 Å². The first kappa shape index (κ1) is 15.7. The standard InChI is InChI=1S/C18H20N2O2S/c1-4-5-15-16(17(21)22)23-18-19-14(10-20(15)18)13-8-6-12(7-9-13)11(2)3/h6-11H,4-5H2,1-3H3,(H,21,22). The molecule has 120 valence electrons. The van der Waals surface area contributed by atoms with Crippen molar-refractivity contribution in [1.29, 1.82) is 0 Å². The van der Waals surface area contributed by atoms with E-state index in [0.717, 1.165) is 34.8 Å². The lowest BCUT2D eigenvalue weighted by atomic mass is 10.0. The highest BCUT2D eigenvalue weighted by Gasteiger charge is 2.19. The van der Waals surface area contributed by atoms with E-state index in [-0.39, 0.29) is 0 Å². The molecule has 1 N–H and O–H groups in total. The lowest BCUT2D eigenvalue weighted by Crippen LogP contribution is -2.00. The molecule has 3 rings (SSSR count). The first-order chi connectivity index (χ1) is 11.0. The van der Waals surface area contributed by atoms with Crippen LogP contribution in [0.1, 0.15) is 54.0 Å². The minimum Gasteiger partial charge on any atom is -0.477 e. The monoisotopic (exact) mass is 328 g/mol. The third-order valence-electron chi connectivity index (χ3n) is 3.97. The van der Waals surface area contributed by atoms with Crippen molar-refractivity contribution in [3.05, 3.63) is 46.6 Å². The van der Waals surface area contributed by atoms with Gasteiger partial charge in [-0.15, -0.1) is 0 Å². The molecule has 0 atom stereocenters. The molecule has 0 aliphatic carbocycles. The molecule has 0 bridgehead atoms. The van der Waals surface area contributed by atoms with Gasteiger partial charge in [0.2, 0.25) is 0 Å². The Bertz CT molecular complexity index is 844. The molecule has 23 heavy (non-hydrogen) atoms. The highest BCUT2D eigenvalue weighted by atomic mass is 32.1. The second-order valence-corrected chi connectivity index (χ2v) is 6.97. The van der Waals surface area contributed by atoms with E-state index in [1.165, 1.54) is 16.9 Å². The fraction of sp³-hybridized carbons (Fsp3) is 0.333. The number of aryl methyl sites for hydroxylation is 1. The molecule has 0 aliphatic heterocycles. The van der Waals surface area contributed by atoms with Gasteiger partial charge in [-0.25, -0.2) is 9.78 Å². The molecule has 0 spiro atoms. The smallest absolute Gasteiger partial charge is 0.347 e. The molecule has 0 aliphatic rings. The van der Waals surface area contributed by atoms with Gasteiger partial charge in [0.05, 0.1) is 5.69 Å². The van der Waals surface area contributed by atoms with E-state index < -0.39 is 5.97 Å². The van der Waals surface area contributed by atoms with Gasteiger partial charge >= 0.3 is 5.97 Å². The highest BCUT2D eigenvalue weighted by Crippen LogP contribution is 2.29. The first-order valence-electron chi connectivity index (χ1n) is 7.85. The number of aromatic carboxylic acids is 1. The summed E-state index contributed by atoms with van der Waals surface area (Å²) < 4.78 is 1.93. The molecule has 0 saturated heterocycles. The third-order valence-corrected chi connectivity index (χ3v) is 5.06. The van der Waals surface area contributed by atoms with Crippen LogP contribution in [0.25, 0.3) is 16.2 Å². The highest BCUT2D eigenvalue weighted by molar-refractivity contribution is 7.19. The van der Waals surface area contributed by atoms with Crippen LogP contribution < -0.4 is 0 Å². The molecule has 0 saturated carbocycles. The minimum atomic E-state index is -0.869. The molecule has 5 heteroatoms. The summed E-state index contributed by atoms with van der Waals surface area (Å²) in [6.45, 7) is 6.40. The Kier molecular flexibility index (Phi) is 4.22. The number of benzene rings is 1. The van der Waals surface area contributed by atoms with Gasteiger partial charge in [0, 0.05) is 17.5 Å². The Hall–Kier alpha value is -2.14. The van der Waals surface area contributed by atoms with E-state index in [1.807, 2.05) is 10.6 Å². The number of thiazole rings is 1. The molecule has 4 nitrogen and oxygen atoms in total. The number of fused-ring (bicyclic) bond motifs is 1. The van der Waals surface area contributed by atoms with Crippen molar-refractivity contribution in [3.63, 3.8) is 0 Å². The number of hydrogen-bond donors (Lipinski definition) is 1. The summed E-state index contributed by atoms with van der Waals surface area (Å²) in [4.78, 5) is 17.2. The predicted octanol–water partition coefficient (Wildman–Crippen LogP) is 4.84. The number of hydrogen-bond acceptors (Lipinski definition) is 3. The topological polar surface area (TPSA) is 54.6 Å². The largest absolute Gasteiger partial charge is 0.477 e. The Morgan fingerprint density at radius 1 is 1.30 bits per heavy atom. The van der Waals surface area contributed by atoms with E-state index in [2.05, 4.69) is 50.0 Å². The van der Waals surface area contributed by atoms with Crippen LogP contribution in [0.2, 0.25) is 0 Å². The van der Waals surface area contributed by atoms with Crippen molar-refractivity contribution in [3.8, 4) is 11.3 Å². The van der Waals surface area contributed by atoms with E-state index >= 15 is 0 Å². The molecule has 0 fully saturated rings. The van der Waals surface area contributed by atoms with E-state index in [1.54, 1.807) is 0 Å². The fourth-order valence-corrected chi connectivity index (χ4v) is 3.70. The van der Waals surface area contributed by atoms with Crippen LogP contribution in [0.5, 0.6) is 0 Å². The van der Waals surface area contributed by atoms with E-state index in [0.29, 0.717) is 10.8 Å². The second kappa shape index (κ2) is 6.16. The number of nitrogens with zero attached hydrogens (tertiary/aromatic N) is 2. The van der Waals surface area contributed by atoms with Gasteiger partial charge < -0.3 is 5.11 Å². The van der Waals surface area contributed by atoms with Crippen molar-refractivity contribution in [2.24, 2.45) is 0 Å². The number of carboxylic acids is 1. The zero-order valence-electron chi connectivity index (χ0n) is 13.5. The zero-order chi connectivity index (χ0) is 16.6. The molecule has 2 aromatic heterocycles. The molecule has 0 radical (unpaired) electrons. The van der Waals surface area contributed by atoms with Crippen LogP contribution >= 0.6 is 11.3 Å². The Morgan fingerprint density at radius 3 is 2.57 bits per heavy atom. The Balaban J connectivity index is 2.04. The quantitative estimate of drug-likeness (QED) is 0.729. The first-order valence-corrected chi connectivity index (χ1v) is 8.67. The SMILES string of the molecule is CCCc1c(C(=O)O)sc2nc(-c3ccc(C(C)C)cc3)cn12. The third kappa shape index (κ3) is 2.88. The van der Waals surface area contributed by atoms with Crippen molar-refractivity contribution >= 4 is 22.3 Å². The van der Waals surface area contributed by atoms with Crippen molar-refractivity contribution in [1.82, 2.24) is 9.38 Å². The zero-order valence-corrected chi connectivity index (χ0v) is 14.4. The average molecular weight is 328 g/mol. The summed E-state index contributed by atoms with van der Waals surface area (Å²) in [5.74, 6) is -0.365. The summed E-state index contributed by atoms with van der Waals surface area (Å²) in [5.41, 5.74) is 4.10. The van der Waals surface area contributed by atoms with Crippen LogP contribution in [0.3, 0.4) is 0 Å². The number of carboxylic acid groups (broad SMARTS) is 1. The van der Waals surface area contributed by atoms with Crippen LogP contribution in [0.4, 0.5) is 0 Å². The summed E-state index contributed by atoms with van der Waals surface area (Å²) in [6, 6.07) is 8.42. The van der Waals surface area contributed by atoms with Crippen molar-refractivity contribution < 1.29 is 9.90 Å². The average Bonchev–Trinajstić information content (AvgIpc) is 3.07. The van der Waals surface area contributed by atoms with E-state index in [4.69, 9.17) is 0 Å². The summed E-state index contributed by atoms with van der Waals surface area (Å²) >= 11 is 1.25. The number of imidazole rings is 1. The maximum atomic E-state index is 11.4. The lowest BCUT2D eigenvalue weighted by molar-refractivity contribution is 0.0700. The van der Waals surface area contributed by atoms with E-state index in [9.17, 15) is 9.90 Å². The number of carbonyl (C=O) groups is 1. The number of rotatable bonds is 5. The van der Waals surface area contributed by atoms with Gasteiger partial charge in [-0.05, 0) is 17.9 Å². The normalized spacial score (nSPS) is 11.5. The molecule has 3 aromatic rings. The molecule has 0 amide bonds. The number of aromatic nitrogens is 2. The van der Waals surface area contributed by atoms with Gasteiger partial charge in [-0.2, -0.15) is 0 Å². The van der Waals surface area contributed by atoms with Crippen molar-refractivity contribution in [2.75, 3.05) is 0 Å². The summed E-state index contributed by atoms with van der Waals surface area (Å²) in [7, 11) is 0. The Morgan fingerprint density at radius 2 is 2.00 bits per heavy atom. The van der Waals surface area contributed by atoms with Crippen LogP contribution in [0, 0.1) is 0 Å².